The maximum atomic E-state index is 12.8. The molecule has 188 valence electrons. The molecular weight excluding hydrogens is 472 g/mol. The highest BCUT2D eigenvalue weighted by Crippen LogP contribution is 2.36. The maximum Gasteiger partial charge on any atom is 0.252 e. The van der Waals surface area contributed by atoms with Crippen LogP contribution in [0, 0.1) is 4.91 Å². The summed E-state index contributed by atoms with van der Waals surface area (Å²) >= 11 is 0. The number of primary amides is 1. The molecule has 37 heavy (non-hydrogen) atoms. The summed E-state index contributed by atoms with van der Waals surface area (Å²) in [7, 11) is 0. The molecule has 2 amide bonds. The van der Waals surface area contributed by atoms with Gasteiger partial charge in [-0.2, -0.15) is 0 Å². The second-order valence-electron chi connectivity index (χ2n) is 8.35. The number of nitroso groups, excluding NO2 is 1. The van der Waals surface area contributed by atoms with Gasteiger partial charge in [0, 0.05) is 22.9 Å². The summed E-state index contributed by atoms with van der Waals surface area (Å²) in [6.07, 6.45) is 0.683. The van der Waals surface area contributed by atoms with E-state index >= 15 is 0 Å². The van der Waals surface area contributed by atoms with Gasteiger partial charge in [0.15, 0.2) is 5.96 Å². The Morgan fingerprint density at radius 2 is 1.57 bits per heavy atom. The second-order valence-corrected chi connectivity index (χ2v) is 8.35. The predicted octanol–water partition coefficient (Wildman–Crippen LogP) is 3.17. The second kappa shape index (κ2) is 11.1. The van der Waals surface area contributed by atoms with Gasteiger partial charge >= 0.3 is 0 Å². The molecule has 4 aromatic rings. The van der Waals surface area contributed by atoms with E-state index in [1.165, 1.54) is 12.1 Å². The first-order valence-electron chi connectivity index (χ1n) is 11.5. The number of guanidine groups is 1. The third-order valence-electron chi connectivity index (χ3n) is 5.80. The molecule has 1 heterocycles. The minimum Gasteiger partial charge on any atom is -0.370 e. The molecule has 11 nitrogen and oxygen atoms in total. The fraction of sp³-hybridized carbons (Fsp3) is 0.154. The van der Waals surface area contributed by atoms with Gasteiger partial charge in [0.05, 0.1) is 22.4 Å². The van der Waals surface area contributed by atoms with Crippen molar-refractivity contribution in [3.05, 3.63) is 77.2 Å². The number of nitrogens with zero attached hydrogens (tertiary/aromatic N) is 3. The van der Waals surface area contributed by atoms with Gasteiger partial charge in [-0.3, -0.25) is 14.6 Å². The smallest absolute Gasteiger partial charge is 0.252 e. The van der Waals surface area contributed by atoms with Crippen LogP contribution in [0.5, 0.6) is 0 Å². The van der Waals surface area contributed by atoms with Gasteiger partial charge in [0.2, 0.25) is 5.91 Å². The van der Waals surface area contributed by atoms with E-state index in [1.54, 1.807) is 6.07 Å². The lowest BCUT2D eigenvalue weighted by Gasteiger charge is -2.16. The summed E-state index contributed by atoms with van der Waals surface area (Å²) < 4.78 is 0. The summed E-state index contributed by atoms with van der Waals surface area (Å²) in [4.78, 5) is 44.9. The topological polar surface area (TPSA) is 191 Å². The molecule has 0 bridgehead atoms. The van der Waals surface area contributed by atoms with Crippen molar-refractivity contribution in [3.63, 3.8) is 0 Å². The van der Waals surface area contributed by atoms with Crippen molar-refractivity contribution >= 4 is 56.6 Å². The highest BCUT2D eigenvalue weighted by atomic mass is 16.3. The maximum absolute atomic E-state index is 12.8. The fourth-order valence-corrected chi connectivity index (χ4v) is 3.99. The van der Waals surface area contributed by atoms with Crippen LogP contribution < -0.4 is 27.8 Å². The number of aromatic nitrogens is 1. The van der Waals surface area contributed by atoms with Crippen LogP contribution in [0.3, 0.4) is 0 Å². The van der Waals surface area contributed by atoms with Crippen molar-refractivity contribution in [2.24, 2.45) is 27.4 Å². The standard InChI is InChI=1S/C26H26N8O3/c27-24(35)21(10-5-13-30-26(28)29)33-25(36)15-11-12-20(22(14-15)34-37)32-23-16-6-1-3-8-18(16)31-19-9-4-2-7-17(19)23/h1-4,6-9,11-12,14,21H,5,10,13H2,(H2,27,35)(H,31,32)(H,33,36)(H4,28,29,30)/t21-/m1/s1. The zero-order chi connectivity index (χ0) is 26.4. The number of carbonyl (C=O) groups is 2. The van der Waals surface area contributed by atoms with E-state index in [2.05, 4.69) is 20.8 Å². The highest BCUT2D eigenvalue weighted by Gasteiger charge is 2.20. The van der Waals surface area contributed by atoms with Crippen molar-refractivity contribution < 1.29 is 9.59 Å². The van der Waals surface area contributed by atoms with Gasteiger partial charge in [-0.15, -0.1) is 4.91 Å². The highest BCUT2D eigenvalue weighted by molar-refractivity contribution is 6.09. The van der Waals surface area contributed by atoms with Crippen molar-refractivity contribution in [1.29, 1.82) is 0 Å². The molecule has 0 saturated heterocycles. The van der Waals surface area contributed by atoms with E-state index in [4.69, 9.17) is 22.2 Å². The van der Waals surface area contributed by atoms with Crippen LogP contribution in [0.1, 0.15) is 23.2 Å². The summed E-state index contributed by atoms with van der Waals surface area (Å²) in [5.74, 6) is -1.32. The zero-order valence-corrected chi connectivity index (χ0v) is 19.8. The Bertz CT molecular complexity index is 1460. The number of hydrogen-bond donors (Lipinski definition) is 5. The number of rotatable bonds is 10. The Morgan fingerprint density at radius 3 is 2.16 bits per heavy atom. The molecule has 3 aromatic carbocycles. The summed E-state index contributed by atoms with van der Waals surface area (Å²) in [5, 5.41) is 10.8. The first kappa shape index (κ1) is 25.0. The SMILES string of the molecule is NC(=O)[C@@H](CCCN=C(N)N)NC(=O)c1ccc(Nc2c3ccccc3nc3ccccc23)c(N=O)c1. The van der Waals surface area contributed by atoms with Crippen LogP contribution >= 0.6 is 0 Å². The number of aliphatic imine (C=N–C) groups is 1. The lowest BCUT2D eigenvalue weighted by atomic mass is 10.1. The van der Waals surface area contributed by atoms with Gasteiger partial charge in [0.25, 0.3) is 5.91 Å². The lowest BCUT2D eigenvalue weighted by Crippen LogP contribution is -2.44. The first-order valence-corrected chi connectivity index (χ1v) is 11.5. The van der Waals surface area contributed by atoms with Gasteiger partial charge in [-0.05, 0) is 48.4 Å². The average molecular weight is 499 g/mol. The minimum atomic E-state index is -0.929. The Kier molecular flexibility index (Phi) is 7.53. The number of anilines is 2. The van der Waals surface area contributed by atoms with E-state index in [0.717, 1.165) is 27.5 Å². The molecule has 11 heteroatoms. The zero-order valence-electron chi connectivity index (χ0n) is 19.8. The molecule has 0 aliphatic heterocycles. The van der Waals surface area contributed by atoms with E-state index in [0.29, 0.717) is 18.7 Å². The van der Waals surface area contributed by atoms with Crippen LogP contribution in [0.15, 0.2) is 76.9 Å². The quantitative estimate of drug-likeness (QED) is 0.0728. The molecule has 0 aliphatic rings. The molecule has 0 fully saturated rings. The molecule has 4 rings (SSSR count). The number of amides is 2. The number of nitrogens with two attached hydrogens (primary N) is 3. The summed E-state index contributed by atoms with van der Waals surface area (Å²) in [5.41, 5.74) is 19.0. The molecular formula is C26H26N8O3. The van der Waals surface area contributed by atoms with Crippen LogP contribution in [-0.2, 0) is 4.79 Å². The number of hydrogen-bond acceptors (Lipinski definition) is 7. The van der Waals surface area contributed by atoms with E-state index < -0.39 is 17.9 Å². The number of nitrogens with one attached hydrogen (secondary N) is 2. The molecule has 0 aliphatic carbocycles. The van der Waals surface area contributed by atoms with Crippen molar-refractivity contribution in [2.45, 2.75) is 18.9 Å². The number of fused-ring (bicyclic) bond motifs is 2. The molecule has 0 radical (unpaired) electrons. The molecule has 1 atom stereocenters. The van der Waals surface area contributed by atoms with Gasteiger partial charge in [-0.1, -0.05) is 36.4 Å². The largest absolute Gasteiger partial charge is 0.370 e. The van der Waals surface area contributed by atoms with E-state index in [9.17, 15) is 14.5 Å². The Hall–Kier alpha value is -5.06. The van der Waals surface area contributed by atoms with Crippen molar-refractivity contribution in [1.82, 2.24) is 10.3 Å². The third-order valence-corrected chi connectivity index (χ3v) is 5.80. The summed E-state index contributed by atoms with van der Waals surface area (Å²) in [6.45, 7) is 0.292. The Balaban J connectivity index is 1.59. The predicted molar refractivity (Wildman–Crippen MR) is 145 cm³/mol. The molecule has 0 saturated carbocycles. The molecule has 1 aromatic heterocycles. The Morgan fingerprint density at radius 1 is 0.919 bits per heavy atom. The normalized spacial score (nSPS) is 11.6. The van der Waals surface area contributed by atoms with Crippen LogP contribution in [0.2, 0.25) is 0 Å². The molecule has 0 spiro atoms. The van der Waals surface area contributed by atoms with E-state index in [-0.39, 0.29) is 23.6 Å². The van der Waals surface area contributed by atoms with Crippen LogP contribution in [0.4, 0.5) is 17.1 Å². The third kappa shape index (κ3) is 5.78. The van der Waals surface area contributed by atoms with Gasteiger partial charge in [0.1, 0.15) is 11.7 Å². The lowest BCUT2D eigenvalue weighted by molar-refractivity contribution is -0.120. The first-order chi connectivity index (χ1) is 17.9. The number of benzene rings is 3. The Labute approximate surface area is 212 Å². The number of pyridine rings is 1. The molecule has 0 unspecified atom stereocenters. The minimum absolute atomic E-state index is 0.0287. The van der Waals surface area contributed by atoms with Crippen molar-refractivity contribution in [3.8, 4) is 0 Å². The van der Waals surface area contributed by atoms with Crippen LogP contribution in [0.25, 0.3) is 21.8 Å². The number of carbonyl (C=O) groups excluding carboxylic acids is 2. The molecule has 8 N–H and O–H groups in total. The van der Waals surface area contributed by atoms with Gasteiger partial charge in [-0.25, -0.2) is 4.98 Å². The fourth-order valence-electron chi connectivity index (χ4n) is 3.99. The van der Waals surface area contributed by atoms with E-state index in [1.807, 2.05) is 48.5 Å². The van der Waals surface area contributed by atoms with Gasteiger partial charge < -0.3 is 27.8 Å². The monoisotopic (exact) mass is 498 g/mol. The average Bonchev–Trinajstić information content (AvgIpc) is 2.90. The number of para-hydroxylation sites is 2. The van der Waals surface area contributed by atoms with Crippen molar-refractivity contribution in [2.75, 3.05) is 11.9 Å². The van der Waals surface area contributed by atoms with Crippen LogP contribution in [-0.4, -0.2) is 35.3 Å². The summed E-state index contributed by atoms with van der Waals surface area (Å²) in [6, 6.07) is 18.9.